The average molecular weight is 286 g/mol. The third kappa shape index (κ3) is 3.70. The second-order valence-corrected chi connectivity index (χ2v) is 6.75. The van der Waals surface area contributed by atoms with Gasteiger partial charge in [-0.05, 0) is 32.9 Å². The van der Waals surface area contributed by atoms with Crippen molar-refractivity contribution >= 4 is 27.8 Å². The smallest absolute Gasteiger partial charge is 0.370 e. The van der Waals surface area contributed by atoms with E-state index in [4.69, 9.17) is 13.3 Å². The Kier molecular flexibility index (Phi) is 6.68. The molecular formula is C12H19O4PSi. The van der Waals surface area contributed by atoms with E-state index < -0.39 is 8.80 Å². The Bertz CT molecular complexity index is 352. The van der Waals surface area contributed by atoms with E-state index in [1.807, 2.05) is 32.9 Å². The lowest BCUT2D eigenvalue weighted by Gasteiger charge is -2.28. The third-order valence-corrected chi connectivity index (χ3v) is 5.88. The zero-order chi connectivity index (χ0) is 13.4. The number of benzene rings is 1. The lowest BCUT2D eigenvalue weighted by atomic mass is 10.4. The first-order valence-electron chi connectivity index (χ1n) is 6.08. The van der Waals surface area contributed by atoms with Gasteiger partial charge in [0.15, 0.2) is 8.46 Å². The molecule has 18 heavy (non-hydrogen) atoms. The molecule has 0 saturated heterocycles. The zero-order valence-corrected chi connectivity index (χ0v) is 12.9. The van der Waals surface area contributed by atoms with Crippen molar-refractivity contribution in [2.75, 3.05) is 19.8 Å². The summed E-state index contributed by atoms with van der Waals surface area (Å²) in [5.41, 5.74) is 0. The van der Waals surface area contributed by atoms with Crippen molar-refractivity contribution in [1.29, 1.82) is 0 Å². The number of rotatable bonds is 8. The fourth-order valence-corrected chi connectivity index (χ4v) is 4.41. The van der Waals surface area contributed by atoms with Crippen LogP contribution in [-0.4, -0.2) is 28.6 Å². The molecule has 0 unspecified atom stereocenters. The van der Waals surface area contributed by atoms with E-state index in [1.165, 1.54) is 0 Å². The van der Waals surface area contributed by atoms with Gasteiger partial charge in [0.25, 0.3) is 0 Å². The van der Waals surface area contributed by atoms with E-state index >= 15 is 0 Å². The molecule has 0 fully saturated rings. The topological polar surface area (TPSA) is 44.8 Å². The van der Waals surface area contributed by atoms with Gasteiger partial charge < -0.3 is 13.3 Å². The molecule has 6 heteroatoms. The summed E-state index contributed by atoms with van der Waals surface area (Å²) in [5, 5.41) is 1.63. The second-order valence-electron chi connectivity index (χ2n) is 3.49. The highest BCUT2D eigenvalue weighted by molar-refractivity contribution is 7.34. The van der Waals surface area contributed by atoms with Crippen LogP contribution in [0.1, 0.15) is 20.8 Å². The van der Waals surface area contributed by atoms with Crippen LogP contribution in [0.4, 0.5) is 0 Å². The first-order valence-corrected chi connectivity index (χ1v) is 8.61. The van der Waals surface area contributed by atoms with Crippen LogP contribution in [0.2, 0.25) is 0 Å². The largest absolute Gasteiger partial charge is 0.537 e. The molecule has 4 nitrogen and oxygen atoms in total. The van der Waals surface area contributed by atoms with Crippen LogP contribution < -0.4 is 10.5 Å². The predicted octanol–water partition coefficient (Wildman–Crippen LogP) is 1.86. The standard InChI is InChI=1S/C12H19O4PSi/c1-4-14-18(15-5-2,16-6-3)12-9-7-11(17-13)8-10-12/h7-10H,4-6H2,1-3H3. The van der Waals surface area contributed by atoms with Crippen molar-refractivity contribution in [3.8, 4) is 0 Å². The monoisotopic (exact) mass is 286 g/mol. The summed E-state index contributed by atoms with van der Waals surface area (Å²) in [6, 6.07) is 7.33. The van der Waals surface area contributed by atoms with Crippen LogP contribution in [0.3, 0.4) is 0 Å². The molecule has 0 radical (unpaired) electrons. The predicted molar refractivity (Wildman–Crippen MR) is 73.9 cm³/mol. The van der Waals surface area contributed by atoms with E-state index in [0.717, 1.165) is 10.5 Å². The van der Waals surface area contributed by atoms with Crippen molar-refractivity contribution in [2.24, 2.45) is 0 Å². The van der Waals surface area contributed by atoms with Gasteiger partial charge in [0.05, 0.1) is 0 Å². The van der Waals surface area contributed by atoms with Crippen LogP contribution in [0.25, 0.3) is 0 Å². The molecule has 0 amide bonds. The summed E-state index contributed by atoms with van der Waals surface area (Å²) in [7, 11) is -2.80. The van der Waals surface area contributed by atoms with Gasteiger partial charge in [-0.2, -0.15) is 0 Å². The highest BCUT2D eigenvalue weighted by atomic mass is 31.1. The average Bonchev–Trinajstić information content (AvgIpc) is 2.39. The molecule has 0 heterocycles. The Balaban J connectivity index is 3.08. The summed E-state index contributed by atoms with van der Waals surface area (Å²) in [5.74, 6) is 0. The Morgan fingerprint density at radius 1 is 0.944 bits per heavy atom. The molecule has 0 aliphatic rings. The normalized spacial score (nSPS) is 11.9. The maximum atomic E-state index is 10.8. The van der Waals surface area contributed by atoms with Gasteiger partial charge in [-0.3, -0.25) is 4.57 Å². The molecule has 0 aliphatic heterocycles. The molecule has 0 N–H and O–H groups in total. The minimum Gasteiger partial charge on any atom is -0.370 e. The van der Waals surface area contributed by atoms with Gasteiger partial charge >= 0.3 is 8.80 Å². The molecule has 0 aromatic heterocycles. The van der Waals surface area contributed by atoms with Gasteiger partial charge in [-0.1, -0.05) is 12.1 Å². The molecule has 0 aliphatic carbocycles. The van der Waals surface area contributed by atoms with E-state index in [9.17, 15) is 4.57 Å². The number of hydrogen-bond donors (Lipinski definition) is 0. The quantitative estimate of drug-likeness (QED) is 0.540. The third-order valence-electron chi connectivity index (χ3n) is 2.33. The van der Waals surface area contributed by atoms with E-state index in [1.54, 1.807) is 12.1 Å². The highest BCUT2D eigenvalue weighted by Gasteiger charge is 2.43. The fourth-order valence-electron chi connectivity index (χ4n) is 1.67. The molecule has 1 rings (SSSR count). The van der Waals surface area contributed by atoms with Gasteiger partial charge in [-0.15, -0.1) is 0 Å². The van der Waals surface area contributed by atoms with Crippen LogP contribution in [0.15, 0.2) is 24.3 Å². The molecule has 1 aromatic carbocycles. The lowest BCUT2D eigenvalue weighted by molar-refractivity contribution is 0.0859. The van der Waals surface area contributed by atoms with Crippen molar-refractivity contribution in [2.45, 2.75) is 20.8 Å². The number of hydrogen-bond acceptors (Lipinski definition) is 4. The lowest BCUT2D eigenvalue weighted by Crippen LogP contribution is -2.57. The first kappa shape index (κ1) is 15.5. The Hall–Kier alpha value is -0.583. The summed E-state index contributed by atoms with van der Waals surface area (Å²) >= 11 is 0. The molecule has 0 bridgehead atoms. The Morgan fingerprint density at radius 2 is 1.39 bits per heavy atom. The molecule has 0 spiro atoms. The molecule has 100 valence electrons. The van der Waals surface area contributed by atoms with Gasteiger partial charge in [0.1, 0.15) is 0 Å². The summed E-state index contributed by atoms with van der Waals surface area (Å²) in [6.45, 7) is 7.37. The van der Waals surface area contributed by atoms with Crippen molar-refractivity contribution < 1.29 is 17.8 Å². The van der Waals surface area contributed by atoms with Crippen LogP contribution in [0, 0.1) is 0 Å². The van der Waals surface area contributed by atoms with Crippen LogP contribution in [-0.2, 0) is 17.8 Å². The Labute approximate surface area is 111 Å². The van der Waals surface area contributed by atoms with Gasteiger partial charge in [-0.25, -0.2) is 0 Å². The summed E-state index contributed by atoms with van der Waals surface area (Å²) in [6.07, 6.45) is 0. The molecule has 1 aromatic rings. The van der Waals surface area contributed by atoms with E-state index in [0.29, 0.717) is 19.8 Å². The first-order chi connectivity index (χ1) is 8.72. The molecule has 0 saturated carbocycles. The van der Waals surface area contributed by atoms with Crippen molar-refractivity contribution in [3.63, 3.8) is 0 Å². The van der Waals surface area contributed by atoms with Gasteiger partial charge in [0.2, 0.25) is 0 Å². The summed E-state index contributed by atoms with van der Waals surface area (Å²) in [4.78, 5) is 0. The Morgan fingerprint density at radius 3 is 1.72 bits per heavy atom. The molecule has 0 atom stereocenters. The maximum absolute atomic E-state index is 10.8. The van der Waals surface area contributed by atoms with E-state index in [-0.39, 0.29) is 8.46 Å². The van der Waals surface area contributed by atoms with Crippen molar-refractivity contribution in [1.82, 2.24) is 0 Å². The summed E-state index contributed by atoms with van der Waals surface area (Å²) < 4.78 is 28.1. The molecular weight excluding hydrogens is 267 g/mol. The fraction of sp³-hybridized carbons (Fsp3) is 0.500. The minimum absolute atomic E-state index is 0.0134. The van der Waals surface area contributed by atoms with Crippen LogP contribution in [0.5, 0.6) is 0 Å². The SMILES string of the molecule is CCO[Si](OCC)(OCC)c1ccc(P=O)cc1. The van der Waals surface area contributed by atoms with Crippen LogP contribution >= 0.6 is 8.46 Å². The maximum Gasteiger partial charge on any atom is 0.537 e. The van der Waals surface area contributed by atoms with Crippen molar-refractivity contribution in [3.05, 3.63) is 24.3 Å². The van der Waals surface area contributed by atoms with E-state index in [2.05, 4.69) is 0 Å². The minimum atomic E-state index is -2.81. The second kappa shape index (κ2) is 7.76. The highest BCUT2D eigenvalue weighted by Crippen LogP contribution is 2.11. The van der Waals surface area contributed by atoms with Gasteiger partial charge in [0, 0.05) is 30.3 Å². The zero-order valence-electron chi connectivity index (χ0n) is 11.0.